The number of ketones is 2. The highest BCUT2D eigenvalue weighted by atomic mass is 127. The molecular formula is C34H46INO4. The lowest BCUT2D eigenvalue weighted by molar-refractivity contribution is -0.119. The van der Waals surface area contributed by atoms with Gasteiger partial charge in [0.1, 0.15) is 0 Å². The van der Waals surface area contributed by atoms with Gasteiger partial charge in [0.05, 0.1) is 16.8 Å². The van der Waals surface area contributed by atoms with Gasteiger partial charge in [-0.1, -0.05) is 53.9 Å². The number of nitrogens with zero attached hydrogens (tertiary/aromatic N) is 1. The SMILES string of the molecule is CCCOc1c(I)cc(C2C3=C(CC(C)(C)CC3=O)N(C3CCCCC3)C3=C2C(=O)CC(C)(C)C3)cc1OCC. The third-order valence-corrected chi connectivity index (χ3v) is 9.81. The predicted octanol–water partition coefficient (Wildman–Crippen LogP) is 8.50. The molecule has 3 aliphatic carbocycles. The van der Waals surface area contributed by atoms with Crippen LogP contribution in [-0.4, -0.2) is 35.7 Å². The quantitative estimate of drug-likeness (QED) is 0.275. The molecule has 0 unspecified atom stereocenters. The highest BCUT2D eigenvalue weighted by Crippen LogP contribution is 2.56. The molecule has 4 aliphatic rings. The summed E-state index contributed by atoms with van der Waals surface area (Å²) in [6, 6.07) is 4.54. The van der Waals surface area contributed by atoms with Crippen LogP contribution in [0.4, 0.5) is 0 Å². The van der Waals surface area contributed by atoms with Crippen LogP contribution in [0.2, 0.25) is 0 Å². The van der Waals surface area contributed by atoms with Crippen LogP contribution in [0.15, 0.2) is 34.7 Å². The zero-order chi connectivity index (χ0) is 28.8. The van der Waals surface area contributed by atoms with Crippen LogP contribution >= 0.6 is 22.6 Å². The van der Waals surface area contributed by atoms with E-state index in [4.69, 9.17) is 9.47 Å². The van der Waals surface area contributed by atoms with Crippen LogP contribution in [0.5, 0.6) is 11.5 Å². The van der Waals surface area contributed by atoms with Crippen LogP contribution in [0.1, 0.15) is 117 Å². The van der Waals surface area contributed by atoms with Crippen molar-refractivity contribution in [2.24, 2.45) is 10.8 Å². The zero-order valence-corrected chi connectivity index (χ0v) is 27.4. The fourth-order valence-corrected chi connectivity index (χ4v) is 8.25. The summed E-state index contributed by atoms with van der Waals surface area (Å²) < 4.78 is 13.2. The van der Waals surface area contributed by atoms with E-state index in [0.29, 0.717) is 37.8 Å². The molecule has 0 spiro atoms. The second-order valence-electron chi connectivity index (χ2n) is 13.8. The fraction of sp³-hybridized carbons (Fsp3) is 0.647. The lowest BCUT2D eigenvalue weighted by Crippen LogP contribution is -2.48. The number of carbonyl (C=O) groups excluding carboxylic acids is 2. The molecular weight excluding hydrogens is 613 g/mol. The van der Waals surface area contributed by atoms with Crippen molar-refractivity contribution in [1.82, 2.24) is 4.90 Å². The highest BCUT2D eigenvalue weighted by molar-refractivity contribution is 14.1. The van der Waals surface area contributed by atoms with E-state index in [1.54, 1.807) is 0 Å². The molecule has 1 fully saturated rings. The Morgan fingerprint density at radius 2 is 1.43 bits per heavy atom. The molecule has 0 bridgehead atoms. The lowest BCUT2D eigenvalue weighted by Gasteiger charge is -2.52. The van der Waals surface area contributed by atoms with E-state index >= 15 is 0 Å². The number of ether oxygens (including phenoxy) is 2. The van der Waals surface area contributed by atoms with Gasteiger partial charge < -0.3 is 14.4 Å². The number of rotatable bonds is 7. The molecule has 1 aromatic carbocycles. The van der Waals surface area contributed by atoms with Crippen molar-refractivity contribution in [1.29, 1.82) is 0 Å². The molecule has 0 radical (unpaired) electrons. The summed E-state index contributed by atoms with van der Waals surface area (Å²) in [5.41, 5.74) is 4.84. The molecule has 0 aromatic heterocycles. The standard InChI is InChI=1S/C34H46INO4/c1-7-14-40-32-23(35)15-21(16-28(32)39-8-2)29-30-24(17-33(3,4)19-26(30)37)36(22-12-10-9-11-13-22)25-18-34(5,6)20-27(38)31(25)29/h15-16,22,29H,7-14,17-20H2,1-6H3. The topological polar surface area (TPSA) is 55.8 Å². The maximum Gasteiger partial charge on any atom is 0.174 e. The summed E-state index contributed by atoms with van der Waals surface area (Å²) in [4.78, 5) is 30.9. The minimum Gasteiger partial charge on any atom is -0.490 e. The molecule has 218 valence electrons. The Morgan fingerprint density at radius 1 is 0.850 bits per heavy atom. The average molecular weight is 660 g/mol. The number of carbonyl (C=O) groups is 2. The van der Waals surface area contributed by atoms with Gasteiger partial charge in [0.25, 0.3) is 0 Å². The van der Waals surface area contributed by atoms with E-state index in [-0.39, 0.29) is 28.3 Å². The Labute approximate surface area is 254 Å². The van der Waals surface area contributed by atoms with Gasteiger partial charge in [-0.05, 0) is 90.1 Å². The predicted molar refractivity (Wildman–Crippen MR) is 168 cm³/mol. The zero-order valence-electron chi connectivity index (χ0n) is 25.3. The Morgan fingerprint density at radius 3 is 1.95 bits per heavy atom. The summed E-state index contributed by atoms with van der Waals surface area (Å²) in [5, 5.41) is 0. The van der Waals surface area contributed by atoms with Crippen molar-refractivity contribution in [2.45, 2.75) is 118 Å². The van der Waals surface area contributed by atoms with Crippen LogP contribution in [0, 0.1) is 14.4 Å². The van der Waals surface area contributed by atoms with Crippen molar-refractivity contribution in [3.8, 4) is 11.5 Å². The van der Waals surface area contributed by atoms with Gasteiger partial charge in [-0.15, -0.1) is 0 Å². The molecule has 1 heterocycles. The Kier molecular flexibility index (Phi) is 8.49. The summed E-state index contributed by atoms with van der Waals surface area (Å²) in [5.74, 6) is 1.48. The molecule has 0 amide bonds. The van der Waals surface area contributed by atoms with Crippen LogP contribution in [0.3, 0.4) is 0 Å². The molecule has 6 heteroatoms. The molecule has 1 aliphatic heterocycles. The van der Waals surface area contributed by atoms with Gasteiger partial charge in [0.15, 0.2) is 23.1 Å². The van der Waals surface area contributed by atoms with Crippen molar-refractivity contribution in [3.05, 3.63) is 43.8 Å². The Balaban J connectivity index is 1.76. The van der Waals surface area contributed by atoms with Gasteiger partial charge in [-0.3, -0.25) is 9.59 Å². The van der Waals surface area contributed by atoms with E-state index in [2.05, 4.69) is 68.2 Å². The number of hydrogen-bond donors (Lipinski definition) is 0. The molecule has 40 heavy (non-hydrogen) atoms. The van der Waals surface area contributed by atoms with Crippen molar-refractivity contribution in [3.63, 3.8) is 0 Å². The summed E-state index contributed by atoms with van der Waals surface area (Å²) in [7, 11) is 0. The molecule has 5 rings (SSSR count). The van der Waals surface area contributed by atoms with Crippen LogP contribution < -0.4 is 9.47 Å². The van der Waals surface area contributed by atoms with Crippen molar-refractivity contribution < 1.29 is 19.1 Å². The van der Waals surface area contributed by atoms with Crippen molar-refractivity contribution >= 4 is 34.2 Å². The number of benzene rings is 1. The fourth-order valence-electron chi connectivity index (χ4n) is 7.47. The number of Topliss-reactive ketones (excluding diaryl/α,β-unsaturated/α-hetero) is 2. The second-order valence-corrected chi connectivity index (χ2v) is 15.0. The van der Waals surface area contributed by atoms with E-state index in [0.717, 1.165) is 58.1 Å². The summed E-state index contributed by atoms with van der Waals surface area (Å²) in [6.07, 6.45) is 9.58. The number of allylic oxidation sites excluding steroid dienone is 4. The first-order valence-electron chi connectivity index (χ1n) is 15.4. The second kappa shape index (κ2) is 11.4. The van der Waals surface area contributed by atoms with Gasteiger partial charge >= 0.3 is 0 Å². The highest BCUT2D eigenvalue weighted by Gasteiger charge is 2.50. The monoisotopic (exact) mass is 659 g/mol. The van der Waals surface area contributed by atoms with Gasteiger partial charge in [-0.25, -0.2) is 0 Å². The molecule has 5 nitrogen and oxygen atoms in total. The van der Waals surface area contributed by atoms with E-state index in [1.807, 2.05) is 13.0 Å². The maximum atomic E-state index is 14.2. The lowest BCUT2D eigenvalue weighted by atomic mass is 9.63. The summed E-state index contributed by atoms with van der Waals surface area (Å²) in [6.45, 7) is 14.1. The third kappa shape index (κ3) is 5.63. The average Bonchev–Trinajstić information content (AvgIpc) is 2.86. The largest absolute Gasteiger partial charge is 0.490 e. The van der Waals surface area contributed by atoms with E-state index in [9.17, 15) is 9.59 Å². The molecule has 0 N–H and O–H groups in total. The normalized spacial score (nSPS) is 23.3. The molecule has 0 saturated heterocycles. The molecule has 1 saturated carbocycles. The van der Waals surface area contributed by atoms with E-state index in [1.165, 1.54) is 30.7 Å². The minimum atomic E-state index is -0.356. The first kappa shape index (κ1) is 29.7. The Hall–Kier alpha value is -1.83. The number of hydrogen-bond acceptors (Lipinski definition) is 5. The summed E-state index contributed by atoms with van der Waals surface area (Å²) >= 11 is 2.33. The van der Waals surface area contributed by atoms with Crippen LogP contribution in [-0.2, 0) is 9.59 Å². The van der Waals surface area contributed by atoms with Gasteiger partial charge in [0.2, 0.25) is 0 Å². The number of halogens is 1. The minimum absolute atomic E-state index is 0.109. The van der Waals surface area contributed by atoms with Crippen LogP contribution in [0.25, 0.3) is 0 Å². The third-order valence-electron chi connectivity index (χ3n) is 9.01. The Bertz CT molecular complexity index is 1200. The first-order chi connectivity index (χ1) is 19.0. The smallest absolute Gasteiger partial charge is 0.174 e. The van der Waals surface area contributed by atoms with E-state index < -0.39 is 0 Å². The molecule has 0 atom stereocenters. The first-order valence-corrected chi connectivity index (χ1v) is 16.4. The molecule has 1 aromatic rings. The van der Waals surface area contributed by atoms with Gasteiger partial charge in [0, 0.05) is 47.3 Å². The van der Waals surface area contributed by atoms with Crippen molar-refractivity contribution in [2.75, 3.05) is 13.2 Å². The maximum absolute atomic E-state index is 14.2. The van der Waals surface area contributed by atoms with Gasteiger partial charge in [-0.2, -0.15) is 0 Å².